The Labute approximate surface area is 97.1 Å². The van der Waals surface area contributed by atoms with E-state index in [2.05, 4.69) is 38.1 Å². The summed E-state index contributed by atoms with van der Waals surface area (Å²) in [5, 5.41) is 4.21. The highest BCUT2D eigenvalue weighted by molar-refractivity contribution is 9.10. The molecule has 0 atom stereocenters. The Kier molecular flexibility index (Phi) is 3.16. The van der Waals surface area contributed by atoms with Gasteiger partial charge in [0, 0.05) is 22.6 Å². The second-order valence-electron chi connectivity index (χ2n) is 3.29. The summed E-state index contributed by atoms with van der Waals surface area (Å²) in [6.07, 6.45) is 2.91. The summed E-state index contributed by atoms with van der Waals surface area (Å²) in [6, 6.07) is 5.95. The highest BCUT2D eigenvalue weighted by Gasteiger charge is 2.01. The van der Waals surface area contributed by atoms with Gasteiger partial charge < -0.3 is 5.32 Å². The fraction of sp³-hybridized carbons (Fsp3) is 0.273. The Bertz CT molecular complexity index is 470. The van der Waals surface area contributed by atoms with Crippen LogP contribution in [0.15, 0.2) is 28.9 Å². The molecule has 1 N–H and O–H groups in total. The van der Waals surface area contributed by atoms with Crippen LogP contribution in [0.1, 0.15) is 13.3 Å². The third-order valence-electron chi connectivity index (χ3n) is 2.11. The van der Waals surface area contributed by atoms with E-state index < -0.39 is 0 Å². The summed E-state index contributed by atoms with van der Waals surface area (Å²) in [7, 11) is 0. The van der Waals surface area contributed by atoms with Gasteiger partial charge in [0.05, 0.1) is 5.52 Å². The largest absolute Gasteiger partial charge is 0.354 e. The van der Waals surface area contributed by atoms with Gasteiger partial charge in [-0.05, 0) is 18.6 Å². The van der Waals surface area contributed by atoms with Crippen molar-refractivity contribution >= 4 is 32.8 Å². The first-order valence-corrected chi connectivity index (χ1v) is 5.75. The monoisotopic (exact) mass is 265 g/mol. The molecular weight excluding hydrogens is 254 g/mol. The van der Waals surface area contributed by atoms with Crippen LogP contribution in [0.5, 0.6) is 0 Å². The predicted molar refractivity (Wildman–Crippen MR) is 66.0 cm³/mol. The topological polar surface area (TPSA) is 37.8 Å². The number of hydrogen-bond acceptors (Lipinski definition) is 3. The van der Waals surface area contributed by atoms with Crippen molar-refractivity contribution in [3.63, 3.8) is 0 Å². The zero-order valence-electron chi connectivity index (χ0n) is 8.50. The molecule has 0 aliphatic carbocycles. The first-order chi connectivity index (χ1) is 7.31. The minimum atomic E-state index is 0.697. The van der Waals surface area contributed by atoms with Crippen molar-refractivity contribution in [2.45, 2.75) is 13.3 Å². The second kappa shape index (κ2) is 4.57. The maximum atomic E-state index is 4.42. The van der Waals surface area contributed by atoms with E-state index in [0.29, 0.717) is 5.95 Å². The van der Waals surface area contributed by atoms with Crippen LogP contribution in [-0.4, -0.2) is 16.5 Å². The van der Waals surface area contributed by atoms with Crippen molar-refractivity contribution in [3.05, 3.63) is 28.9 Å². The standard InChI is InChI=1S/C11H12BrN3/c1-2-6-13-11-14-7-8-9(12)4-3-5-10(8)15-11/h3-5,7H,2,6H2,1H3,(H,13,14,15). The summed E-state index contributed by atoms with van der Waals surface area (Å²) in [6.45, 7) is 3.02. The van der Waals surface area contributed by atoms with Gasteiger partial charge in [-0.15, -0.1) is 0 Å². The molecule has 0 bridgehead atoms. The molecule has 2 aromatic rings. The van der Waals surface area contributed by atoms with E-state index in [1.165, 1.54) is 0 Å². The average molecular weight is 266 g/mol. The lowest BCUT2D eigenvalue weighted by Gasteiger charge is -2.04. The first kappa shape index (κ1) is 10.4. The zero-order valence-corrected chi connectivity index (χ0v) is 10.1. The van der Waals surface area contributed by atoms with E-state index in [1.807, 2.05) is 24.4 Å². The van der Waals surface area contributed by atoms with E-state index in [1.54, 1.807) is 0 Å². The number of fused-ring (bicyclic) bond motifs is 1. The zero-order chi connectivity index (χ0) is 10.7. The molecule has 1 aromatic carbocycles. The lowest BCUT2D eigenvalue weighted by Crippen LogP contribution is -2.03. The SMILES string of the molecule is CCCNc1ncc2c(Br)cccc2n1. The molecule has 2 rings (SSSR count). The highest BCUT2D eigenvalue weighted by Crippen LogP contribution is 2.22. The highest BCUT2D eigenvalue weighted by atomic mass is 79.9. The van der Waals surface area contributed by atoms with Gasteiger partial charge in [0.25, 0.3) is 0 Å². The van der Waals surface area contributed by atoms with E-state index in [4.69, 9.17) is 0 Å². The fourth-order valence-corrected chi connectivity index (χ4v) is 1.80. The molecule has 0 aliphatic heterocycles. The molecule has 1 heterocycles. The number of aromatic nitrogens is 2. The molecular formula is C11H12BrN3. The van der Waals surface area contributed by atoms with Crippen molar-refractivity contribution in [1.82, 2.24) is 9.97 Å². The average Bonchev–Trinajstić information content (AvgIpc) is 2.26. The van der Waals surface area contributed by atoms with E-state index in [-0.39, 0.29) is 0 Å². The first-order valence-electron chi connectivity index (χ1n) is 4.96. The summed E-state index contributed by atoms with van der Waals surface area (Å²) < 4.78 is 1.03. The molecule has 0 fully saturated rings. The van der Waals surface area contributed by atoms with Gasteiger partial charge in [-0.1, -0.05) is 28.9 Å². The molecule has 15 heavy (non-hydrogen) atoms. The summed E-state index contributed by atoms with van der Waals surface area (Å²) in [5.74, 6) is 0.697. The maximum absolute atomic E-state index is 4.42. The van der Waals surface area contributed by atoms with Gasteiger partial charge in [0.1, 0.15) is 0 Å². The Morgan fingerprint density at radius 2 is 2.27 bits per heavy atom. The quantitative estimate of drug-likeness (QED) is 0.926. The van der Waals surface area contributed by atoms with Crippen LogP contribution in [0.25, 0.3) is 10.9 Å². The number of anilines is 1. The smallest absolute Gasteiger partial charge is 0.223 e. The van der Waals surface area contributed by atoms with E-state index >= 15 is 0 Å². The number of nitrogens with one attached hydrogen (secondary N) is 1. The van der Waals surface area contributed by atoms with Crippen molar-refractivity contribution in [3.8, 4) is 0 Å². The molecule has 4 heteroatoms. The third kappa shape index (κ3) is 2.26. The maximum Gasteiger partial charge on any atom is 0.223 e. The van der Waals surface area contributed by atoms with Crippen LogP contribution < -0.4 is 5.32 Å². The Hall–Kier alpha value is -1.16. The van der Waals surface area contributed by atoms with Crippen molar-refractivity contribution in [2.24, 2.45) is 0 Å². The molecule has 1 aromatic heterocycles. The predicted octanol–water partition coefficient (Wildman–Crippen LogP) is 3.21. The van der Waals surface area contributed by atoms with E-state index in [9.17, 15) is 0 Å². The van der Waals surface area contributed by atoms with Gasteiger partial charge in [-0.3, -0.25) is 0 Å². The van der Waals surface area contributed by atoms with Crippen LogP contribution >= 0.6 is 15.9 Å². The number of halogens is 1. The number of benzene rings is 1. The summed E-state index contributed by atoms with van der Waals surface area (Å²) in [4.78, 5) is 8.67. The molecule has 0 radical (unpaired) electrons. The number of hydrogen-bond donors (Lipinski definition) is 1. The van der Waals surface area contributed by atoms with Crippen LogP contribution in [0, 0.1) is 0 Å². The third-order valence-corrected chi connectivity index (χ3v) is 2.80. The molecule has 0 saturated carbocycles. The molecule has 0 aliphatic rings. The van der Waals surface area contributed by atoms with Gasteiger partial charge in [0.2, 0.25) is 5.95 Å². The summed E-state index contributed by atoms with van der Waals surface area (Å²) >= 11 is 3.47. The molecule has 78 valence electrons. The molecule has 3 nitrogen and oxygen atoms in total. The number of rotatable bonds is 3. The van der Waals surface area contributed by atoms with Gasteiger partial charge in [-0.25, -0.2) is 9.97 Å². The van der Waals surface area contributed by atoms with Crippen molar-refractivity contribution in [2.75, 3.05) is 11.9 Å². The molecule has 0 spiro atoms. The molecule has 0 saturated heterocycles. The normalized spacial score (nSPS) is 10.5. The molecule has 0 amide bonds. The summed E-state index contributed by atoms with van der Waals surface area (Å²) in [5.41, 5.74) is 0.956. The van der Waals surface area contributed by atoms with Crippen molar-refractivity contribution < 1.29 is 0 Å². The van der Waals surface area contributed by atoms with Crippen LogP contribution in [-0.2, 0) is 0 Å². The lowest BCUT2D eigenvalue weighted by atomic mass is 10.2. The minimum Gasteiger partial charge on any atom is -0.354 e. The fourth-order valence-electron chi connectivity index (χ4n) is 1.34. The Balaban J connectivity index is 2.39. The molecule has 0 unspecified atom stereocenters. The van der Waals surface area contributed by atoms with Crippen LogP contribution in [0.3, 0.4) is 0 Å². The van der Waals surface area contributed by atoms with Gasteiger partial charge >= 0.3 is 0 Å². The number of nitrogens with zero attached hydrogens (tertiary/aromatic N) is 2. The van der Waals surface area contributed by atoms with Crippen molar-refractivity contribution in [1.29, 1.82) is 0 Å². The lowest BCUT2D eigenvalue weighted by molar-refractivity contribution is 0.957. The van der Waals surface area contributed by atoms with E-state index in [0.717, 1.165) is 28.3 Å². The minimum absolute atomic E-state index is 0.697. The van der Waals surface area contributed by atoms with Crippen LogP contribution in [0.2, 0.25) is 0 Å². The van der Waals surface area contributed by atoms with Gasteiger partial charge in [0.15, 0.2) is 0 Å². The Morgan fingerprint density at radius 1 is 1.40 bits per heavy atom. The Morgan fingerprint density at radius 3 is 3.07 bits per heavy atom. The second-order valence-corrected chi connectivity index (χ2v) is 4.15. The van der Waals surface area contributed by atoms with Gasteiger partial charge in [-0.2, -0.15) is 0 Å². The van der Waals surface area contributed by atoms with Crippen LogP contribution in [0.4, 0.5) is 5.95 Å².